The van der Waals surface area contributed by atoms with Gasteiger partial charge in [0.15, 0.2) is 0 Å². The summed E-state index contributed by atoms with van der Waals surface area (Å²) in [4.78, 5) is 27.9. The van der Waals surface area contributed by atoms with Crippen LogP contribution in [0.2, 0.25) is 0 Å². The Morgan fingerprint density at radius 3 is 1.97 bits per heavy atom. The molecule has 36 heavy (non-hydrogen) atoms. The van der Waals surface area contributed by atoms with Crippen LogP contribution in [0.15, 0.2) is 48.5 Å². The van der Waals surface area contributed by atoms with Crippen LogP contribution >= 0.6 is 0 Å². The van der Waals surface area contributed by atoms with E-state index in [1.54, 1.807) is 19.1 Å². The lowest BCUT2D eigenvalue weighted by molar-refractivity contribution is -0.139. The van der Waals surface area contributed by atoms with Gasteiger partial charge in [-0.2, -0.15) is 0 Å². The van der Waals surface area contributed by atoms with Gasteiger partial charge in [0.25, 0.3) is 0 Å². The number of benzene rings is 2. The van der Waals surface area contributed by atoms with Crippen molar-refractivity contribution in [3.63, 3.8) is 0 Å². The van der Waals surface area contributed by atoms with Crippen molar-refractivity contribution in [2.45, 2.75) is 66.5 Å². The molecule has 0 heterocycles. The second-order valence-corrected chi connectivity index (χ2v) is 12.8. The van der Waals surface area contributed by atoms with E-state index in [0.717, 1.165) is 27.3 Å². The largest absolute Gasteiger partial charge is 0.354 e. The van der Waals surface area contributed by atoms with Gasteiger partial charge in [0.1, 0.15) is 12.6 Å². The van der Waals surface area contributed by atoms with Crippen LogP contribution in [0.25, 0.3) is 0 Å². The quantitative estimate of drug-likeness (QED) is 0.513. The maximum atomic E-state index is 13.6. The topological polar surface area (TPSA) is 86.8 Å². The Bertz CT molecular complexity index is 1130. The molecule has 0 fully saturated rings. The van der Waals surface area contributed by atoms with E-state index in [1.165, 1.54) is 4.90 Å². The molecular weight excluding hydrogens is 474 g/mol. The van der Waals surface area contributed by atoms with Gasteiger partial charge in [-0.3, -0.25) is 13.9 Å². The number of hydrogen-bond acceptors (Lipinski definition) is 4. The third-order valence-corrected chi connectivity index (χ3v) is 7.17. The Labute approximate surface area is 216 Å². The van der Waals surface area contributed by atoms with E-state index in [2.05, 4.69) is 26.1 Å². The normalized spacial score (nSPS) is 12.8. The van der Waals surface area contributed by atoms with Crippen molar-refractivity contribution in [2.24, 2.45) is 5.92 Å². The molecule has 0 aliphatic heterocycles. The predicted molar refractivity (Wildman–Crippen MR) is 146 cm³/mol. The molecule has 2 rings (SSSR count). The average molecular weight is 516 g/mol. The van der Waals surface area contributed by atoms with E-state index in [-0.39, 0.29) is 23.8 Å². The number of rotatable bonds is 10. The molecule has 0 aliphatic rings. The zero-order valence-electron chi connectivity index (χ0n) is 22.8. The number of hydrogen-bond donors (Lipinski definition) is 1. The molecule has 0 radical (unpaired) electrons. The summed E-state index contributed by atoms with van der Waals surface area (Å²) in [5.41, 5.74) is 3.32. The smallest absolute Gasteiger partial charge is 0.244 e. The zero-order chi connectivity index (χ0) is 27.3. The molecule has 8 heteroatoms. The van der Waals surface area contributed by atoms with Gasteiger partial charge in [-0.1, -0.05) is 76.6 Å². The molecule has 2 aromatic rings. The number of carbonyl (C=O) groups excluding carboxylic acids is 2. The van der Waals surface area contributed by atoms with E-state index in [9.17, 15) is 18.0 Å². The van der Waals surface area contributed by atoms with Gasteiger partial charge in [-0.05, 0) is 48.4 Å². The number of nitrogens with zero attached hydrogens (tertiary/aromatic N) is 2. The van der Waals surface area contributed by atoms with Crippen molar-refractivity contribution in [1.29, 1.82) is 0 Å². The van der Waals surface area contributed by atoms with Crippen LogP contribution in [-0.2, 0) is 31.6 Å². The third kappa shape index (κ3) is 8.36. The molecule has 1 atom stereocenters. The number of anilines is 1. The van der Waals surface area contributed by atoms with Crippen LogP contribution < -0.4 is 9.62 Å². The van der Waals surface area contributed by atoms with Gasteiger partial charge in [-0.25, -0.2) is 8.42 Å². The Morgan fingerprint density at radius 1 is 0.944 bits per heavy atom. The monoisotopic (exact) mass is 515 g/mol. The number of aryl methyl sites for hydroxylation is 1. The van der Waals surface area contributed by atoms with E-state index in [4.69, 9.17) is 0 Å². The third-order valence-electron chi connectivity index (χ3n) is 6.03. The molecule has 0 saturated carbocycles. The van der Waals surface area contributed by atoms with Crippen LogP contribution in [0.1, 0.15) is 58.2 Å². The minimum Gasteiger partial charge on any atom is -0.354 e. The van der Waals surface area contributed by atoms with Crippen molar-refractivity contribution in [3.8, 4) is 0 Å². The second-order valence-electron chi connectivity index (χ2n) is 10.9. The first kappa shape index (κ1) is 29.4. The van der Waals surface area contributed by atoms with Gasteiger partial charge in [0, 0.05) is 13.1 Å². The highest BCUT2D eigenvalue weighted by atomic mass is 32.2. The lowest BCUT2D eigenvalue weighted by atomic mass is 9.87. The van der Waals surface area contributed by atoms with Crippen LogP contribution in [-0.4, -0.2) is 50.5 Å². The Hall–Kier alpha value is -2.87. The Morgan fingerprint density at radius 2 is 1.50 bits per heavy atom. The molecule has 7 nitrogen and oxygen atoms in total. The summed E-state index contributed by atoms with van der Waals surface area (Å²) in [6.07, 6.45) is 1.08. The molecule has 1 N–H and O–H groups in total. The fourth-order valence-corrected chi connectivity index (χ4v) is 4.52. The van der Waals surface area contributed by atoms with Crippen molar-refractivity contribution in [2.75, 3.05) is 23.7 Å². The maximum absolute atomic E-state index is 13.6. The molecule has 2 amide bonds. The summed E-state index contributed by atoms with van der Waals surface area (Å²) in [6, 6.07) is 14.1. The minimum atomic E-state index is -3.76. The maximum Gasteiger partial charge on any atom is 0.244 e. The van der Waals surface area contributed by atoms with E-state index >= 15 is 0 Å². The van der Waals surface area contributed by atoms with Gasteiger partial charge >= 0.3 is 0 Å². The van der Waals surface area contributed by atoms with Crippen molar-refractivity contribution in [3.05, 3.63) is 65.2 Å². The first-order valence-corrected chi connectivity index (χ1v) is 14.2. The lowest BCUT2D eigenvalue weighted by Gasteiger charge is -2.32. The summed E-state index contributed by atoms with van der Waals surface area (Å²) in [5, 5.41) is 2.88. The number of nitrogens with one attached hydrogen (secondary N) is 1. The summed E-state index contributed by atoms with van der Waals surface area (Å²) in [7, 11) is -3.76. The number of sulfonamides is 1. The van der Waals surface area contributed by atoms with Crippen molar-refractivity contribution < 1.29 is 18.0 Å². The lowest BCUT2D eigenvalue weighted by Crippen LogP contribution is -2.51. The molecular formula is C28H41N3O4S. The Kier molecular flexibility index (Phi) is 9.71. The molecule has 0 aliphatic carbocycles. The molecule has 0 spiro atoms. The molecule has 198 valence electrons. The van der Waals surface area contributed by atoms with E-state index < -0.39 is 28.5 Å². The van der Waals surface area contributed by atoms with Gasteiger partial charge in [0.05, 0.1) is 11.9 Å². The molecule has 2 aromatic carbocycles. The summed E-state index contributed by atoms with van der Waals surface area (Å²) in [6.45, 7) is 14.2. The van der Waals surface area contributed by atoms with Crippen LogP contribution in [0.4, 0.5) is 5.69 Å². The molecule has 0 bridgehead atoms. The predicted octanol–water partition coefficient (Wildman–Crippen LogP) is 4.25. The highest BCUT2D eigenvalue weighted by molar-refractivity contribution is 7.92. The van der Waals surface area contributed by atoms with Gasteiger partial charge < -0.3 is 10.2 Å². The van der Waals surface area contributed by atoms with Crippen molar-refractivity contribution >= 4 is 27.5 Å². The average Bonchev–Trinajstić information content (AvgIpc) is 2.78. The van der Waals surface area contributed by atoms with E-state index in [0.29, 0.717) is 12.2 Å². The summed E-state index contributed by atoms with van der Waals surface area (Å²) in [5.74, 6) is -0.461. The standard InChI is InChI=1S/C28H41N3O4S/c1-20(2)17-29-27(33)22(4)30(18-23-11-9-21(3)10-12-23)26(32)19-31(36(8,34)35)25-15-13-24(14-16-25)28(5,6)7/h9-16,20,22H,17-19H2,1-8H3,(H,29,33). The van der Waals surface area contributed by atoms with Crippen LogP contribution in [0.3, 0.4) is 0 Å². The first-order valence-electron chi connectivity index (χ1n) is 12.3. The summed E-state index contributed by atoms with van der Waals surface area (Å²) >= 11 is 0. The van der Waals surface area contributed by atoms with Crippen LogP contribution in [0.5, 0.6) is 0 Å². The van der Waals surface area contributed by atoms with Crippen molar-refractivity contribution in [1.82, 2.24) is 10.2 Å². The molecule has 0 saturated heterocycles. The number of carbonyl (C=O) groups is 2. The van der Waals surface area contributed by atoms with E-state index in [1.807, 2.05) is 57.2 Å². The SMILES string of the molecule is Cc1ccc(CN(C(=O)CN(c2ccc(C(C)(C)C)cc2)S(C)(=O)=O)C(C)C(=O)NCC(C)C)cc1. The first-order chi connectivity index (χ1) is 16.6. The number of amides is 2. The second kappa shape index (κ2) is 11.9. The minimum absolute atomic E-state index is 0.0894. The summed E-state index contributed by atoms with van der Waals surface area (Å²) < 4.78 is 26.5. The van der Waals surface area contributed by atoms with Gasteiger partial charge in [0.2, 0.25) is 21.8 Å². The molecule has 0 aromatic heterocycles. The highest BCUT2D eigenvalue weighted by Gasteiger charge is 2.30. The van der Waals surface area contributed by atoms with Crippen LogP contribution in [0, 0.1) is 12.8 Å². The fraction of sp³-hybridized carbons (Fsp3) is 0.500. The molecule has 1 unspecified atom stereocenters. The fourth-order valence-electron chi connectivity index (χ4n) is 3.67. The zero-order valence-corrected chi connectivity index (χ0v) is 23.6. The Balaban J connectivity index is 2.37. The van der Waals surface area contributed by atoms with Gasteiger partial charge in [-0.15, -0.1) is 0 Å². The highest BCUT2D eigenvalue weighted by Crippen LogP contribution is 2.26.